The number of fused-ring (bicyclic) bond motifs is 1. The molecule has 0 radical (unpaired) electrons. The smallest absolute Gasteiger partial charge is 0.263 e. The van der Waals surface area contributed by atoms with Gasteiger partial charge in [0.1, 0.15) is 17.0 Å². The van der Waals surface area contributed by atoms with Gasteiger partial charge in [-0.1, -0.05) is 35.9 Å². The number of nitrogens with zero attached hydrogens (tertiary/aromatic N) is 5. The van der Waals surface area contributed by atoms with Crippen molar-refractivity contribution in [3.8, 4) is 17.4 Å². The minimum Gasteiger partial charge on any atom is -0.484 e. The normalized spacial score (nSPS) is 11.0. The minimum atomic E-state index is -0.377. The molecule has 0 spiro atoms. The van der Waals surface area contributed by atoms with E-state index >= 15 is 0 Å². The third kappa shape index (κ3) is 4.16. The molecule has 170 valence electrons. The monoisotopic (exact) mass is 455 g/mol. The van der Waals surface area contributed by atoms with E-state index in [9.17, 15) is 9.59 Å². The maximum atomic E-state index is 12.8. The molecule has 2 aromatic carbocycles. The lowest BCUT2D eigenvalue weighted by atomic mass is 10.2. The molecular weight excluding hydrogens is 434 g/mol. The molecule has 0 bridgehead atoms. The van der Waals surface area contributed by atoms with E-state index in [1.54, 1.807) is 29.8 Å². The minimum absolute atomic E-state index is 0.152. The number of para-hydroxylation sites is 1. The summed E-state index contributed by atoms with van der Waals surface area (Å²) >= 11 is 0. The van der Waals surface area contributed by atoms with Crippen molar-refractivity contribution in [1.29, 1.82) is 0 Å². The summed E-state index contributed by atoms with van der Waals surface area (Å²) in [6, 6.07) is 18.5. The van der Waals surface area contributed by atoms with Gasteiger partial charge < -0.3 is 10.1 Å². The molecule has 0 unspecified atom stereocenters. The second-order valence-corrected chi connectivity index (χ2v) is 7.75. The fourth-order valence-electron chi connectivity index (χ4n) is 3.48. The standard InChI is InChI=1S/C24H21N7O3/c1-15-8-10-17(11-9-15)30-22-19(13-25-30)23(33)28-24(27-22)31-20(12-16(2)29-31)26-21(32)14-34-18-6-4-3-5-7-18/h3-13H,14H2,1-2H3,(H,26,32)(H,27,28,33). The van der Waals surface area contributed by atoms with Crippen LogP contribution in [0, 0.1) is 13.8 Å². The Hall–Kier alpha value is -4.73. The second kappa shape index (κ2) is 8.66. The highest BCUT2D eigenvalue weighted by Gasteiger charge is 2.17. The largest absolute Gasteiger partial charge is 0.484 e. The van der Waals surface area contributed by atoms with Gasteiger partial charge in [0.15, 0.2) is 12.3 Å². The molecule has 0 aliphatic carbocycles. The number of benzene rings is 2. The average molecular weight is 455 g/mol. The van der Waals surface area contributed by atoms with Crippen molar-refractivity contribution in [2.24, 2.45) is 0 Å². The topological polar surface area (TPSA) is 120 Å². The highest BCUT2D eigenvalue weighted by atomic mass is 16.5. The van der Waals surface area contributed by atoms with E-state index in [1.165, 1.54) is 10.9 Å². The Morgan fingerprint density at radius 1 is 1.06 bits per heavy atom. The van der Waals surface area contributed by atoms with Gasteiger partial charge in [-0.15, -0.1) is 0 Å². The fraction of sp³-hybridized carbons (Fsp3) is 0.125. The van der Waals surface area contributed by atoms with Gasteiger partial charge >= 0.3 is 0 Å². The lowest BCUT2D eigenvalue weighted by molar-refractivity contribution is -0.118. The maximum Gasteiger partial charge on any atom is 0.263 e. The van der Waals surface area contributed by atoms with Crippen LogP contribution >= 0.6 is 0 Å². The van der Waals surface area contributed by atoms with Crippen molar-refractivity contribution < 1.29 is 9.53 Å². The number of nitrogens with one attached hydrogen (secondary N) is 2. The van der Waals surface area contributed by atoms with E-state index in [-0.39, 0.29) is 24.0 Å². The molecule has 10 heteroatoms. The molecule has 0 saturated carbocycles. The van der Waals surface area contributed by atoms with Crippen molar-refractivity contribution in [2.75, 3.05) is 11.9 Å². The summed E-state index contributed by atoms with van der Waals surface area (Å²) in [5.74, 6) is 0.711. The summed E-state index contributed by atoms with van der Waals surface area (Å²) in [6.07, 6.45) is 1.47. The maximum absolute atomic E-state index is 12.8. The predicted octanol–water partition coefficient (Wildman–Crippen LogP) is 2.93. The third-order valence-electron chi connectivity index (χ3n) is 5.12. The molecule has 34 heavy (non-hydrogen) atoms. The van der Waals surface area contributed by atoms with Crippen molar-refractivity contribution >= 4 is 22.8 Å². The van der Waals surface area contributed by atoms with E-state index in [0.29, 0.717) is 28.3 Å². The Kier molecular flexibility index (Phi) is 5.38. The molecule has 3 heterocycles. The van der Waals surface area contributed by atoms with Crippen LogP contribution < -0.4 is 15.6 Å². The number of amides is 1. The first-order valence-electron chi connectivity index (χ1n) is 10.6. The van der Waals surface area contributed by atoms with Crippen LogP contribution in [0.3, 0.4) is 0 Å². The molecule has 2 N–H and O–H groups in total. The number of carbonyl (C=O) groups is 1. The summed E-state index contributed by atoms with van der Waals surface area (Å²) in [5.41, 5.74) is 2.52. The number of H-pyrrole nitrogens is 1. The van der Waals surface area contributed by atoms with Crippen LogP contribution in [0.25, 0.3) is 22.7 Å². The van der Waals surface area contributed by atoms with Crippen LogP contribution in [0.5, 0.6) is 5.75 Å². The van der Waals surface area contributed by atoms with E-state index in [4.69, 9.17) is 4.74 Å². The van der Waals surface area contributed by atoms with Gasteiger partial charge in [-0.2, -0.15) is 19.9 Å². The molecule has 3 aromatic heterocycles. The van der Waals surface area contributed by atoms with Gasteiger partial charge in [-0.3, -0.25) is 14.6 Å². The van der Waals surface area contributed by atoms with Gasteiger partial charge in [-0.25, -0.2) is 4.68 Å². The van der Waals surface area contributed by atoms with Crippen LogP contribution in [0.4, 0.5) is 5.82 Å². The van der Waals surface area contributed by atoms with E-state index < -0.39 is 0 Å². The summed E-state index contributed by atoms with van der Waals surface area (Å²) in [6.45, 7) is 3.59. The molecule has 10 nitrogen and oxygen atoms in total. The zero-order chi connectivity index (χ0) is 23.7. The number of hydrogen-bond donors (Lipinski definition) is 2. The molecule has 0 aliphatic rings. The first kappa shape index (κ1) is 21.1. The molecule has 0 fully saturated rings. The average Bonchev–Trinajstić information content (AvgIpc) is 3.42. The van der Waals surface area contributed by atoms with E-state index in [2.05, 4.69) is 25.5 Å². The molecule has 0 aliphatic heterocycles. The number of aromatic nitrogens is 6. The van der Waals surface area contributed by atoms with Crippen molar-refractivity contribution in [3.05, 3.63) is 88.5 Å². The molecular formula is C24H21N7O3. The van der Waals surface area contributed by atoms with Crippen molar-refractivity contribution in [1.82, 2.24) is 29.5 Å². The summed E-state index contributed by atoms with van der Waals surface area (Å²) in [4.78, 5) is 32.6. The quantitative estimate of drug-likeness (QED) is 0.406. The van der Waals surface area contributed by atoms with Gasteiger partial charge in [0.05, 0.1) is 17.6 Å². The van der Waals surface area contributed by atoms with E-state index in [1.807, 2.05) is 49.4 Å². The summed E-state index contributed by atoms with van der Waals surface area (Å²) < 4.78 is 8.48. The number of carbonyl (C=O) groups excluding carboxylic acids is 1. The molecule has 1 amide bonds. The fourth-order valence-corrected chi connectivity index (χ4v) is 3.48. The first-order chi connectivity index (χ1) is 16.5. The molecule has 0 atom stereocenters. The zero-order valence-electron chi connectivity index (χ0n) is 18.5. The molecule has 0 saturated heterocycles. The number of aryl methyl sites for hydroxylation is 2. The van der Waals surface area contributed by atoms with Gasteiger partial charge in [-0.05, 0) is 38.1 Å². The van der Waals surface area contributed by atoms with Crippen LogP contribution in [0.1, 0.15) is 11.3 Å². The number of hydrogen-bond acceptors (Lipinski definition) is 6. The zero-order valence-corrected chi connectivity index (χ0v) is 18.5. The number of rotatable bonds is 6. The Morgan fingerprint density at radius 3 is 2.59 bits per heavy atom. The van der Waals surface area contributed by atoms with Crippen molar-refractivity contribution in [3.63, 3.8) is 0 Å². The number of anilines is 1. The summed E-state index contributed by atoms with van der Waals surface area (Å²) in [7, 11) is 0. The van der Waals surface area contributed by atoms with Crippen LogP contribution in [0.15, 0.2) is 71.7 Å². The highest BCUT2D eigenvalue weighted by Crippen LogP contribution is 2.18. The third-order valence-corrected chi connectivity index (χ3v) is 5.12. The van der Waals surface area contributed by atoms with Gasteiger partial charge in [0, 0.05) is 6.07 Å². The van der Waals surface area contributed by atoms with E-state index in [0.717, 1.165) is 11.3 Å². The summed E-state index contributed by atoms with van der Waals surface area (Å²) in [5, 5.41) is 11.8. The van der Waals surface area contributed by atoms with Crippen LogP contribution in [-0.2, 0) is 4.79 Å². The SMILES string of the molecule is Cc1ccc(-n2ncc3c(=O)[nH]c(-n4nc(C)cc4NC(=O)COc4ccccc4)nc32)cc1. The van der Waals surface area contributed by atoms with Crippen LogP contribution in [-0.4, -0.2) is 42.0 Å². The Labute approximate surface area is 193 Å². The highest BCUT2D eigenvalue weighted by molar-refractivity contribution is 5.91. The number of ether oxygens (including phenoxy) is 1. The van der Waals surface area contributed by atoms with Crippen LogP contribution in [0.2, 0.25) is 0 Å². The molecule has 5 aromatic rings. The lowest BCUT2D eigenvalue weighted by Gasteiger charge is -2.10. The van der Waals surface area contributed by atoms with Crippen molar-refractivity contribution in [2.45, 2.75) is 13.8 Å². The number of aromatic amines is 1. The second-order valence-electron chi connectivity index (χ2n) is 7.75. The van der Waals surface area contributed by atoms with Gasteiger partial charge in [0.2, 0.25) is 5.95 Å². The van der Waals surface area contributed by atoms with Gasteiger partial charge in [0.25, 0.3) is 11.5 Å². The molecule has 5 rings (SSSR count). The first-order valence-corrected chi connectivity index (χ1v) is 10.6. The predicted molar refractivity (Wildman–Crippen MR) is 127 cm³/mol. The Morgan fingerprint density at radius 2 is 1.82 bits per heavy atom. The lowest BCUT2D eigenvalue weighted by Crippen LogP contribution is -2.23. The Bertz CT molecular complexity index is 1530. The Balaban J connectivity index is 1.47.